The molecule has 6 aliphatic rings. The molecule has 4 bridgehead atoms. The maximum Gasteiger partial charge on any atom is 0.474 e. The molecule has 10 heteroatoms. The smallest absolute Gasteiger partial charge is 0.286 e. The minimum atomic E-state index is -3.29. The molecule has 0 saturated carbocycles. The van der Waals surface area contributed by atoms with Crippen LogP contribution in [0.2, 0.25) is 0 Å². The topological polar surface area (TPSA) is 89.5 Å². The highest BCUT2D eigenvalue weighted by atomic mass is 31.2. The van der Waals surface area contributed by atoms with Gasteiger partial charge < -0.3 is 0 Å². The first-order valence-corrected chi connectivity index (χ1v) is 8.94. The summed E-state index contributed by atoms with van der Waals surface area (Å²) in [6.07, 6.45) is 0.625. The Balaban J connectivity index is 1.53. The van der Waals surface area contributed by atoms with Gasteiger partial charge in [-0.3, -0.25) is 27.1 Å². The lowest BCUT2D eigenvalue weighted by Gasteiger charge is -2.51. The lowest BCUT2D eigenvalue weighted by molar-refractivity contribution is -0.157. The van der Waals surface area contributed by atoms with Crippen LogP contribution in [0.3, 0.4) is 0 Å². The molecule has 6 fully saturated rings. The van der Waals surface area contributed by atoms with Crippen molar-refractivity contribution in [3.8, 4) is 0 Å². The molecule has 0 amide bonds. The van der Waals surface area contributed by atoms with E-state index >= 15 is 0 Å². The van der Waals surface area contributed by atoms with Crippen LogP contribution in [0.25, 0.3) is 0 Å². The third-order valence-corrected chi connectivity index (χ3v) is 6.60. The lowest BCUT2D eigenvalue weighted by Crippen LogP contribution is -2.53. The maximum atomic E-state index is 11.7. The zero-order valence-electron chi connectivity index (χ0n) is 10.1. The van der Waals surface area contributed by atoms with Gasteiger partial charge >= 0.3 is 15.6 Å². The van der Waals surface area contributed by atoms with Crippen molar-refractivity contribution in [3.63, 3.8) is 0 Å². The van der Waals surface area contributed by atoms with Gasteiger partial charge in [-0.05, 0) is 6.42 Å². The van der Waals surface area contributed by atoms with E-state index in [1.165, 1.54) is 0 Å². The van der Waals surface area contributed by atoms with E-state index in [-0.39, 0.29) is 10.8 Å². The summed E-state index contributed by atoms with van der Waals surface area (Å²) in [6, 6.07) is 0. The Bertz CT molecular complexity index is 398. The van der Waals surface area contributed by atoms with Crippen LogP contribution in [-0.2, 0) is 36.3 Å². The summed E-state index contributed by atoms with van der Waals surface area (Å²) in [5.41, 5.74) is -0.748. The molecule has 0 aromatic carbocycles. The minimum absolute atomic E-state index is 0.323. The summed E-state index contributed by atoms with van der Waals surface area (Å²) in [5.74, 6) is 0. The number of hydrogen-bond donors (Lipinski definition) is 0. The van der Waals surface area contributed by atoms with E-state index in [1.807, 2.05) is 0 Å². The van der Waals surface area contributed by atoms with Gasteiger partial charge in [0.2, 0.25) is 0 Å². The molecule has 6 heterocycles. The average molecular weight is 312 g/mol. The molecule has 19 heavy (non-hydrogen) atoms. The van der Waals surface area contributed by atoms with Crippen molar-refractivity contribution in [1.82, 2.24) is 0 Å². The van der Waals surface area contributed by atoms with Gasteiger partial charge in [-0.2, -0.15) is 0 Å². The van der Waals surface area contributed by atoms with Crippen LogP contribution in [0, 0.1) is 10.8 Å². The predicted octanol–water partition coefficient (Wildman–Crippen LogP) is 1.72. The maximum absolute atomic E-state index is 11.7. The van der Waals surface area contributed by atoms with Gasteiger partial charge in [0.15, 0.2) is 0 Å². The normalized spacial score (nSPS) is 56.4. The van der Waals surface area contributed by atoms with Crippen LogP contribution in [0.1, 0.15) is 6.42 Å². The van der Waals surface area contributed by atoms with Gasteiger partial charge in [0.1, 0.15) is 0 Å². The number of phosphoric acid groups is 2. The Morgan fingerprint density at radius 1 is 0.632 bits per heavy atom. The summed E-state index contributed by atoms with van der Waals surface area (Å²) < 4.78 is 54.4. The highest BCUT2D eigenvalue weighted by Gasteiger charge is 2.58. The summed E-state index contributed by atoms with van der Waals surface area (Å²) in [5, 5.41) is 0. The van der Waals surface area contributed by atoms with E-state index < -0.39 is 15.6 Å². The van der Waals surface area contributed by atoms with E-state index in [9.17, 15) is 9.13 Å². The molecule has 0 spiro atoms. The zero-order chi connectivity index (χ0) is 13.2. The quantitative estimate of drug-likeness (QED) is 0.712. The van der Waals surface area contributed by atoms with Crippen molar-refractivity contribution in [2.45, 2.75) is 6.42 Å². The molecule has 6 saturated heterocycles. The Kier molecular flexibility index (Phi) is 2.65. The first-order valence-electron chi connectivity index (χ1n) is 6.02. The molecule has 8 nitrogen and oxygen atoms in total. The molecular formula is C9H14O8P2. The highest BCUT2D eigenvalue weighted by Crippen LogP contribution is 2.65. The SMILES string of the molecule is O=P12OCC(CC34COP(=O)(OC3)OC4)(CO1)CO2. The van der Waals surface area contributed by atoms with Gasteiger partial charge in [0.05, 0.1) is 39.6 Å². The third-order valence-electron chi connectivity index (χ3n) is 3.92. The molecule has 0 atom stereocenters. The predicted molar refractivity (Wildman–Crippen MR) is 60.4 cm³/mol. The van der Waals surface area contributed by atoms with E-state index in [2.05, 4.69) is 0 Å². The summed E-state index contributed by atoms with van der Waals surface area (Å²) in [6.45, 7) is 1.94. The monoisotopic (exact) mass is 312 g/mol. The molecule has 0 radical (unpaired) electrons. The van der Waals surface area contributed by atoms with Crippen molar-refractivity contribution in [2.75, 3.05) is 39.6 Å². The number of fused-ring (bicyclic) bond motifs is 6. The Morgan fingerprint density at radius 3 is 1.16 bits per heavy atom. The fourth-order valence-electron chi connectivity index (χ4n) is 2.87. The molecule has 0 aliphatic carbocycles. The van der Waals surface area contributed by atoms with Gasteiger partial charge in [-0.15, -0.1) is 0 Å². The second-order valence-corrected chi connectivity index (χ2v) is 9.05. The fraction of sp³-hybridized carbons (Fsp3) is 1.00. The van der Waals surface area contributed by atoms with Crippen LogP contribution in [0.4, 0.5) is 0 Å². The Labute approximate surface area is 109 Å². The lowest BCUT2D eigenvalue weighted by atomic mass is 9.73. The molecule has 6 aliphatic heterocycles. The highest BCUT2D eigenvalue weighted by molar-refractivity contribution is 7.48. The van der Waals surface area contributed by atoms with Gasteiger partial charge in [-0.25, -0.2) is 9.13 Å². The van der Waals surface area contributed by atoms with Crippen LogP contribution >= 0.6 is 15.6 Å². The zero-order valence-corrected chi connectivity index (χ0v) is 11.9. The number of hydrogen-bond acceptors (Lipinski definition) is 8. The first kappa shape index (κ1) is 12.9. The fourth-order valence-corrected chi connectivity index (χ4v) is 5.91. The average Bonchev–Trinajstić information content (AvgIpc) is 2.43. The van der Waals surface area contributed by atoms with Gasteiger partial charge in [0, 0.05) is 10.8 Å². The van der Waals surface area contributed by atoms with Crippen LogP contribution in [-0.4, -0.2) is 39.6 Å². The Hall–Kier alpha value is 0.220. The van der Waals surface area contributed by atoms with Crippen LogP contribution in [0.15, 0.2) is 0 Å². The van der Waals surface area contributed by atoms with E-state index in [1.54, 1.807) is 0 Å². The summed E-state index contributed by atoms with van der Waals surface area (Å²) in [7, 11) is -6.59. The third kappa shape index (κ3) is 2.06. The molecular weight excluding hydrogens is 298 g/mol. The second kappa shape index (κ2) is 3.90. The molecule has 0 aromatic heterocycles. The summed E-state index contributed by atoms with van der Waals surface area (Å²) in [4.78, 5) is 0. The van der Waals surface area contributed by atoms with E-state index in [0.717, 1.165) is 0 Å². The Morgan fingerprint density at radius 2 is 0.895 bits per heavy atom. The first-order chi connectivity index (χ1) is 8.95. The van der Waals surface area contributed by atoms with Gasteiger partial charge in [-0.1, -0.05) is 0 Å². The molecule has 0 aromatic rings. The van der Waals surface area contributed by atoms with Crippen molar-refractivity contribution in [1.29, 1.82) is 0 Å². The molecule has 108 valence electrons. The molecule has 0 unspecified atom stereocenters. The number of phosphoric ester groups is 2. The van der Waals surface area contributed by atoms with Crippen molar-refractivity contribution in [3.05, 3.63) is 0 Å². The minimum Gasteiger partial charge on any atom is -0.286 e. The van der Waals surface area contributed by atoms with Crippen molar-refractivity contribution < 1.29 is 36.3 Å². The van der Waals surface area contributed by atoms with Crippen molar-refractivity contribution in [2.24, 2.45) is 10.8 Å². The van der Waals surface area contributed by atoms with Gasteiger partial charge in [0.25, 0.3) is 0 Å². The standard InChI is InChI=1S/C9H14O8P2/c10-18-12-2-8(3-13-18,4-14-18)1-9-5-15-19(11,16-6-9)17-7-9/h1-7H2. The number of rotatable bonds is 2. The molecule has 0 N–H and O–H groups in total. The van der Waals surface area contributed by atoms with Crippen LogP contribution in [0.5, 0.6) is 0 Å². The largest absolute Gasteiger partial charge is 0.474 e. The van der Waals surface area contributed by atoms with Crippen molar-refractivity contribution >= 4 is 15.6 Å². The van der Waals surface area contributed by atoms with Crippen LogP contribution < -0.4 is 0 Å². The van der Waals surface area contributed by atoms with E-state index in [0.29, 0.717) is 46.1 Å². The summed E-state index contributed by atoms with van der Waals surface area (Å²) >= 11 is 0. The second-order valence-electron chi connectivity index (χ2n) is 5.71. The molecule has 6 rings (SSSR count). The van der Waals surface area contributed by atoms with E-state index in [4.69, 9.17) is 27.1 Å².